The molecule has 0 radical (unpaired) electrons. The van der Waals surface area contributed by atoms with Crippen molar-refractivity contribution in [2.24, 2.45) is 0 Å². The first-order valence-electron chi connectivity index (χ1n) is 8.04. The molecule has 1 heterocycles. The molecule has 0 aromatic heterocycles. The van der Waals surface area contributed by atoms with Crippen LogP contribution in [0.2, 0.25) is 0 Å². The van der Waals surface area contributed by atoms with Crippen molar-refractivity contribution in [3.05, 3.63) is 48.0 Å². The van der Waals surface area contributed by atoms with E-state index in [2.05, 4.69) is 29.6 Å². The highest BCUT2D eigenvalue weighted by molar-refractivity contribution is 7.99. The van der Waals surface area contributed by atoms with Crippen molar-refractivity contribution in [1.29, 1.82) is 0 Å². The number of amides is 1. The predicted molar refractivity (Wildman–Crippen MR) is 99.9 cm³/mol. The van der Waals surface area contributed by atoms with E-state index in [4.69, 9.17) is 0 Å². The lowest BCUT2D eigenvalue weighted by Crippen LogP contribution is -2.40. The number of thioether (sulfide) groups is 1. The summed E-state index contributed by atoms with van der Waals surface area (Å²) in [6.07, 6.45) is 0.523. The molecule has 1 saturated heterocycles. The van der Waals surface area contributed by atoms with E-state index in [9.17, 15) is 13.2 Å². The van der Waals surface area contributed by atoms with Crippen molar-refractivity contribution in [2.75, 3.05) is 11.5 Å². The lowest BCUT2D eigenvalue weighted by Gasteiger charge is -2.16. The smallest absolute Gasteiger partial charge is 0.233 e. The van der Waals surface area contributed by atoms with Gasteiger partial charge in [-0.25, -0.2) is 8.42 Å². The summed E-state index contributed by atoms with van der Waals surface area (Å²) < 4.78 is 22.9. The Labute approximate surface area is 146 Å². The van der Waals surface area contributed by atoms with Gasteiger partial charge in [-0.05, 0) is 29.7 Å². The lowest BCUT2D eigenvalue weighted by molar-refractivity contribution is -0.120. The summed E-state index contributed by atoms with van der Waals surface area (Å²) in [5.74, 6) is 0.913. The predicted octanol–water partition coefficient (Wildman–Crippen LogP) is 2.76. The Bertz CT molecular complexity index is 843. The van der Waals surface area contributed by atoms with Gasteiger partial charge in [0.1, 0.15) is 0 Å². The second-order valence-corrected chi connectivity index (χ2v) is 9.76. The highest BCUT2D eigenvalue weighted by atomic mass is 32.2. The topological polar surface area (TPSA) is 63.2 Å². The Hall–Kier alpha value is -1.53. The molecule has 1 amide bonds. The van der Waals surface area contributed by atoms with Crippen LogP contribution in [0.4, 0.5) is 0 Å². The van der Waals surface area contributed by atoms with Crippen LogP contribution in [0, 0.1) is 0 Å². The molecule has 0 spiro atoms. The largest absolute Gasteiger partial charge is 0.351 e. The monoisotopic (exact) mass is 363 g/mol. The van der Waals surface area contributed by atoms with Crippen molar-refractivity contribution in [2.45, 2.75) is 30.4 Å². The van der Waals surface area contributed by atoms with Crippen LogP contribution in [0.5, 0.6) is 0 Å². The molecule has 0 saturated carbocycles. The van der Waals surface area contributed by atoms with Gasteiger partial charge in [0.05, 0.1) is 16.8 Å². The quantitative estimate of drug-likeness (QED) is 0.887. The molecule has 128 valence electrons. The molecule has 1 N–H and O–H groups in total. The van der Waals surface area contributed by atoms with Crippen molar-refractivity contribution < 1.29 is 13.2 Å². The standard InChI is InChI=1S/C18H21NO3S2/c1-13(18(20)19-16-9-10-24(21,22)12-16)23-11-15-7-4-6-14-5-2-3-8-17(14)15/h2-8,13,16H,9-12H2,1H3,(H,19,20)/t13-,16+/m0/s1. The van der Waals surface area contributed by atoms with Crippen LogP contribution in [0.25, 0.3) is 10.8 Å². The maximum atomic E-state index is 12.3. The Morgan fingerprint density at radius 2 is 2.00 bits per heavy atom. The second-order valence-electron chi connectivity index (χ2n) is 6.20. The SMILES string of the molecule is C[C@H](SCc1cccc2ccccc12)C(=O)N[C@@H]1CCS(=O)(=O)C1. The number of benzene rings is 2. The number of fused-ring (bicyclic) bond motifs is 1. The van der Waals surface area contributed by atoms with Crippen molar-refractivity contribution in [3.8, 4) is 0 Å². The van der Waals surface area contributed by atoms with E-state index < -0.39 is 9.84 Å². The summed E-state index contributed by atoms with van der Waals surface area (Å²) in [6, 6.07) is 14.2. The van der Waals surface area contributed by atoms with E-state index in [1.807, 2.05) is 25.1 Å². The summed E-state index contributed by atoms with van der Waals surface area (Å²) in [5, 5.41) is 5.06. The molecule has 0 aliphatic carbocycles. The molecule has 6 heteroatoms. The van der Waals surface area contributed by atoms with Gasteiger partial charge < -0.3 is 5.32 Å². The molecule has 1 aliphatic heterocycles. The third kappa shape index (κ3) is 4.11. The van der Waals surface area contributed by atoms with Crippen molar-refractivity contribution in [1.82, 2.24) is 5.32 Å². The zero-order valence-electron chi connectivity index (χ0n) is 13.6. The summed E-state index contributed by atoms with van der Waals surface area (Å²) in [6.45, 7) is 1.87. The summed E-state index contributed by atoms with van der Waals surface area (Å²) in [7, 11) is -2.97. The summed E-state index contributed by atoms with van der Waals surface area (Å²) in [5.41, 5.74) is 1.21. The lowest BCUT2D eigenvalue weighted by atomic mass is 10.1. The van der Waals surface area contributed by atoms with Gasteiger partial charge in [0.2, 0.25) is 5.91 Å². The zero-order valence-corrected chi connectivity index (χ0v) is 15.2. The molecule has 0 unspecified atom stereocenters. The fourth-order valence-electron chi connectivity index (χ4n) is 2.94. The molecule has 4 nitrogen and oxygen atoms in total. The first-order valence-corrected chi connectivity index (χ1v) is 10.9. The number of hydrogen-bond donors (Lipinski definition) is 1. The van der Waals surface area contributed by atoms with Crippen LogP contribution < -0.4 is 5.32 Å². The molecule has 3 rings (SSSR count). The van der Waals surface area contributed by atoms with Crippen LogP contribution in [-0.2, 0) is 20.4 Å². The Balaban J connectivity index is 1.58. The summed E-state index contributed by atoms with van der Waals surface area (Å²) in [4.78, 5) is 12.3. The van der Waals surface area contributed by atoms with Crippen molar-refractivity contribution >= 4 is 38.3 Å². The molecule has 2 atom stereocenters. The number of sulfone groups is 1. The summed E-state index contributed by atoms with van der Waals surface area (Å²) >= 11 is 1.57. The van der Waals surface area contributed by atoms with Crippen LogP contribution in [0.15, 0.2) is 42.5 Å². The Morgan fingerprint density at radius 3 is 2.75 bits per heavy atom. The van der Waals surface area contributed by atoms with Gasteiger partial charge in [0, 0.05) is 11.8 Å². The normalized spacial score (nSPS) is 20.8. The highest BCUT2D eigenvalue weighted by Gasteiger charge is 2.29. The van der Waals surface area contributed by atoms with Crippen LogP contribution in [0.3, 0.4) is 0 Å². The minimum absolute atomic E-state index is 0.0689. The number of rotatable bonds is 5. The molecule has 1 aliphatic rings. The minimum atomic E-state index is -2.97. The molecular formula is C18H21NO3S2. The molecule has 2 aromatic carbocycles. The average Bonchev–Trinajstić information content (AvgIpc) is 2.91. The Morgan fingerprint density at radius 1 is 1.25 bits per heavy atom. The third-order valence-electron chi connectivity index (χ3n) is 4.32. The average molecular weight is 364 g/mol. The molecule has 2 aromatic rings. The number of carbonyl (C=O) groups excluding carboxylic acids is 1. The first-order chi connectivity index (χ1) is 11.4. The third-order valence-corrected chi connectivity index (χ3v) is 7.28. The van der Waals surface area contributed by atoms with Gasteiger partial charge in [-0.1, -0.05) is 42.5 Å². The molecule has 1 fully saturated rings. The fourth-order valence-corrected chi connectivity index (χ4v) is 5.51. The number of hydrogen-bond acceptors (Lipinski definition) is 4. The van der Waals surface area contributed by atoms with E-state index in [0.29, 0.717) is 6.42 Å². The van der Waals surface area contributed by atoms with E-state index in [1.165, 1.54) is 16.3 Å². The maximum absolute atomic E-state index is 12.3. The van der Waals surface area contributed by atoms with Crippen molar-refractivity contribution in [3.63, 3.8) is 0 Å². The van der Waals surface area contributed by atoms with Gasteiger partial charge in [0.25, 0.3) is 0 Å². The highest BCUT2D eigenvalue weighted by Crippen LogP contribution is 2.25. The van der Waals surface area contributed by atoms with Crippen LogP contribution in [0.1, 0.15) is 18.9 Å². The zero-order chi connectivity index (χ0) is 17.2. The fraction of sp³-hybridized carbons (Fsp3) is 0.389. The molecule has 0 bridgehead atoms. The van der Waals surface area contributed by atoms with Gasteiger partial charge in [-0.3, -0.25) is 4.79 Å². The molecular weight excluding hydrogens is 342 g/mol. The molecule has 24 heavy (non-hydrogen) atoms. The second kappa shape index (κ2) is 7.15. The van der Waals surface area contributed by atoms with Gasteiger partial charge >= 0.3 is 0 Å². The first kappa shape index (κ1) is 17.3. The van der Waals surface area contributed by atoms with Crippen LogP contribution in [-0.4, -0.2) is 37.1 Å². The Kier molecular flexibility index (Phi) is 5.15. The van der Waals surface area contributed by atoms with E-state index in [1.54, 1.807) is 11.8 Å². The maximum Gasteiger partial charge on any atom is 0.233 e. The van der Waals surface area contributed by atoms with E-state index >= 15 is 0 Å². The number of nitrogens with one attached hydrogen (secondary N) is 1. The van der Waals surface area contributed by atoms with Gasteiger partial charge in [0.15, 0.2) is 9.84 Å². The van der Waals surface area contributed by atoms with E-state index in [0.717, 1.165) is 5.75 Å². The van der Waals surface area contributed by atoms with Gasteiger partial charge in [-0.2, -0.15) is 0 Å². The van der Waals surface area contributed by atoms with E-state index in [-0.39, 0.29) is 28.7 Å². The van der Waals surface area contributed by atoms with Gasteiger partial charge in [-0.15, -0.1) is 11.8 Å². The number of carbonyl (C=O) groups is 1. The minimum Gasteiger partial charge on any atom is -0.351 e. The van der Waals surface area contributed by atoms with Crippen LogP contribution >= 0.6 is 11.8 Å².